The van der Waals surface area contributed by atoms with Gasteiger partial charge in [-0.3, -0.25) is 4.79 Å². The van der Waals surface area contributed by atoms with Gasteiger partial charge in [-0.05, 0) is 98.0 Å². The van der Waals surface area contributed by atoms with Crippen LogP contribution in [0.5, 0.6) is 0 Å². The predicted octanol–water partition coefficient (Wildman–Crippen LogP) is 5.39. The monoisotopic (exact) mass is 608 g/mol. The molecule has 1 aromatic rings. The summed E-state index contributed by atoms with van der Waals surface area (Å²) >= 11 is 0. The minimum Gasteiger partial charge on any atom is -0.458 e. The number of ketones is 1. The highest BCUT2D eigenvalue weighted by Crippen LogP contribution is 2.76. The number of Topliss-reactive ketones (excluding diaryl/α,β-unsaturated/α-hetero) is 1. The summed E-state index contributed by atoms with van der Waals surface area (Å²) < 4.78 is 6.04. The molecule has 5 aliphatic rings. The average Bonchev–Trinajstić information content (AvgIpc) is 2.99. The summed E-state index contributed by atoms with van der Waals surface area (Å²) in [5, 5.41) is 33.6. The number of rotatable bonds is 4. The number of benzene rings is 1. The summed E-state index contributed by atoms with van der Waals surface area (Å²) in [6.07, 6.45) is 3.63. The molecule has 0 spiro atoms. The van der Waals surface area contributed by atoms with Crippen LogP contribution in [0, 0.1) is 56.2 Å². The highest BCUT2D eigenvalue weighted by atomic mass is 16.5. The van der Waals surface area contributed by atoms with Crippen LogP contribution in [0.3, 0.4) is 0 Å². The normalized spacial score (nSPS) is 51.7. The lowest BCUT2D eigenvalue weighted by atomic mass is 9.31. The topological polar surface area (TPSA) is 121 Å². The van der Waals surface area contributed by atoms with Gasteiger partial charge in [0.05, 0.1) is 29.8 Å². The first-order chi connectivity index (χ1) is 20.5. The highest BCUT2D eigenvalue weighted by molar-refractivity contribution is 5.89. The third-order valence-electron chi connectivity index (χ3n) is 15.1. The standard InChI is InChI=1S/C37H52O7/c1-32(20-38)17-23-30-24(40)16-26-33(2)14-13-27(41)35(4,21-39)25(33)12-15-36(26,5)37(30,6)18-28(42)34(23,3)19-29(32)44-31(43)22-10-8-7-9-11-22/h7-11,20,23,25-30,39,41-42H,12-19,21H2,1-6H3/t23-,25+,26+,27-,28-,29-,30-,32-,33-,34-,35-,36+,37+/m0/s1. The van der Waals surface area contributed by atoms with Gasteiger partial charge in [-0.15, -0.1) is 0 Å². The Morgan fingerprint density at radius 2 is 1.57 bits per heavy atom. The zero-order valence-corrected chi connectivity index (χ0v) is 27.3. The Kier molecular flexibility index (Phi) is 7.39. The number of ether oxygens (including phenoxy) is 1. The van der Waals surface area contributed by atoms with Crippen molar-refractivity contribution in [3.05, 3.63) is 35.9 Å². The molecule has 0 unspecified atom stereocenters. The number of hydrogen-bond acceptors (Lipinski definition) is 7. The molecule has 0 saturated heterocycles. The molecule has 5 fully saturated rings. The Bertz CT molecular complexity index is 1330. The number of hydrogen-bond donors (Lipinski definition) is 3. The molecule has 5 aliphatic carbocycles. The Morgan fingerprint density at radius 3 is 2.20 bits per heavy atom. The fraction of sp³-hybridized carbons (Fsp3) is 0.757. The average molecular weight is 609 g/mol. The van der Waals surface area contributed by atoms with Crippen molar-refractivity contribution >= 4 is 18.0 Å². The van der Waals surface area contributed by atoms with Crippen LogP contribution < -0.4 is 0 Å². The summed E-state index contributed by atoms with van der Waals surface area (Å²) in [5.74, 6) is -0.655. The lowest BCUT2D eigenvalue weighted by Crippen LogP contribution is -2.72. The molecule has 3 N–H and O–H groups in total. The maximum atomic E-state index is 14.6. The molecule has 242 valence electrons. The van der Waals surface area contributed by atoms with Crippen LogP contribution >= 0.6 is 0 Å². The number of fused-ring (bicyclic) bond motifs is 7. The first-order valence-corrected chi connectivity index (χ1v) is 16.8. The predicted molar refractivity (Wildman–Crippen MR) is 165 cm³/mol. The van der Waals surface area contributed by atoms with Gasteiger partial charge in [0.1, 0.15) is 18.2 Å². The molecule has 0 aliphatic heterocycles. The van der Waals surface area contributed by atoms with E-state index >= 15 is 0 Å². The first-order valence-electron chi connectivity index (χ1n) is 16.8. The Balaban J connectivity index is 1.36. The van der Waals surface area contributed by atoms with Crippen molar-refractivity contribution in [3.63, 3.8) is 0 Å². The van der Waals surface area contributed by atoms with Gasteiger partial charge >= 0.3 is 5.97 Å². The first kappa shape index (κ1) is 31.9. The molecule has 0 radical (unpaired) electrons. The summed E-state index contributed by atoms with van der Waals surface area (Å²) in [4.78, 5) is 40.6. The molecule has 0 bridgehead atoms. The fourth-order valence-corrected chi connectivity index (χ4v) is 12.0. The van der Waals surface area contributed by atoms with Crippen molar-refractivity contribution in [2.45, 2.75) is 111 Å². The molecular weight excluding hydrogens is 556 g/mol. The van der Waals surface area contributed by atoms with E-state index in [2.05, 4.69) is 20.8 Å². The quantitative estimate of drug-likeness (QED) is 0.310. The number of aliphatic hydroxyl groups excluding tert-OH is 3. The van der Waals surface area contributed by atoms with Crippen molar-refractivity contribution in [1.29, 1.82) is 0 Å². The van der Waals surface area contributed by atoms with E-state index in [1.165, 1.54) is 0 Å². The second-order valence-corrected chi connectivity index (χ2v) is 17.0. The zero-order chi connectivity index (χ0) is 32.1. The Hall–Kier alpha value is -2.09. The molecular formula is C37H52O7. The number of carbonyl (C=O) groups excluding carboxylic acids is 3. The molecule has 7 heteroatoms. The van der Waals surface area contributed by atoms with E-state index in [-0.39, 0.29) is 46.9 Å². The van der Waals surface area contributed by atoms with E-state index in [0.717, 1.165) is 25.5 Å². The summed E-state index contributed by atoms with van der Waals surface area (Å²) in [6, 6.07) is 8.76. The number of esters is 1. The largest absolute Gasteiger partial charge is 0.458 e. The van der Waals surface area contributed by atoms with Gasteiger partial charge in [-0.25, -0.2) is 4.79 Å². The second kappa shape index (κ2) is 10.2. The van der Waals surface area contributed by atoms with Gasteiger partial charge in [0.2, 0.25) is 0 Å². The van der Waals surface area contributed by atoms with Crippen molar-refractivity contribution in [3.8, 4) is 0 Å². The molecule has 1 aromatic carbocycles. The van der Waals surface area contributed by atoms with Crippen LogP contribution in [0.1, 0.15) is 103 Å². The molecule has 44 heavy (non-hydrogen) atoms. The Morgan fingerprint density at radius 1 is 0.886 bits per heavy atom. The SMILES string of the molecule is C[C@]12CC[C@H](O)[C@@](C)(CO)[C@@H]1CC[C@]1(C)[C@@H]2CC(=O)[C@@H]2[C@@H]3C[C@@](C)(C=O)[C@@H](OC(=O)c4ccccc4)C[C@]3(C)[C@@H](O)C[C@]21C. The van der Waals surface area contributed by atoms with Crippen molar-refractivity contribution < 1.29 is 34.4 Å². The summed E-state index contributed by atoms with van der Waals surface area (Å²) in [6.45, 7) is 12.6. The number of carbonyl (C=O) groups is 3. The van der Waals surface area contributed by atoms with E-state index in [9.17, 15) is 29.7 Å². The molecule has 13 atom stereocenters. The molecule has 6 rings (SSSR count). The lowest BCUT2D eigenvalue weighted by molar-refractivity contribution is -0.269. The van der Waals surface area contributed by atoms with Crippen LogP contribution in [-0.2, 0) is 14.3 Å². The maximum absolute atomic E-state index is 14.6. The Labute approximate surface area is 262 Å². The van der Waals surface area contributed by atoms with Gasteiger partial charge in [0.15, 0.2) is 0 Å². The van der Waals surface area contributed by atoms with E-state index in [0.29, 0.717) is 37.7 Å². The van der Waals surface area contributed by atoms with Crippen LogP contribution in [-0.4, -0.2) is 58.3 Å². The van der Waals surface area contributed by atoms with E-state index in [1.54, 1.807) is 24.3 Å². The van der Waals surface area contributed by atoms with Gasteiger partial charge < -0.3 is 24.9 Å². The van der Waals surface area contributed by atoms with Crippen LogP contribution in [0.25, 0.3) is 0 Å². The van der Waals surface area contributed by atoms with Crippen LogP contribution in [0.15, 0.2) is 30.3 Å². The lowest BCUT2D eigenvalue weighted by Gasteiger charge is -2.73. The second-order valence-electron chi connectivity index (χ2n) is 17.0. The molecule has 7 nitrogen and oxygen atoms in total. The minimum atomic E-state index is -0.989. The fourth-order valence-electron chi connectivity index (χ4n) is 12.0. The number of aliphatic hydroxyl groups is 3. The van der Waals surface area contributed by atoms with Crippen LogP contribution in [0.2, 0.25) is 0 Å². The van der Waals surface area contributed by atoms with E-state index in [1.807, 2.05) is 26.8 Å². The van der Waals surface area contributed by atoms with Gasteiger partial charge in [0.25, 0.3) is 0 Å². The zero-order valence-electron chi connectivity index (χ0n) is 27.3. The van der Waals surface area contributed by atoms with E-state index in [4.69, 9.17) is 4.74 Å². The minimum absolute atomic E-state index is 0.0676. The molecule has 0 aromatic heterocycles. The number of aldehydes is 1. The van der Waals surface area contributed by atoms with Crippen molar-refractivity contribution in [2.24, 2.45) is 56.2 Å². The maximum Gasteiger partial charge on any atom is 0.338 e. The van der Waals surface area contributed by atoms with Gasteiger partial charge in [0, 0.05) is 23.2 Å². The summed E-state index contributed by atoms with van der Waals surface area (Å²) in [5.41, 5.74) is -2.83. The molecule has 5 saturated carbocycles. The third-order valence-corrected chi connectivity index (χ3v) is 15.1. The smallest absolute Gasteiger partial charge is 0.338 e. The molecule has 0 heterocycles. The molecule has 0 amide bonds. The van der Waals surface area contributed by atoms with Gasteiger partial charge in [-0.1, -0.05) is 52.8 Å². The highest BCUT2D eigenvalue weighted by Gasteiger charge is 2.74. The summed E-state index contributed by atoms with van der Waals surface area (Å²) in [7, 11) is 0. The van der Waals surface area contributed by atoms with E-state index < -0.39 is 45.9 Å². The van der Waals surface area contributed by atoms with Crippen molar-refractivity contribution in [1.82, 2.24) is 0 Å². The third kappa shape index (κ3) is 4.07. The van der Waals surface area contributed by atoms with Crippen LogP contribution in [0.4, 0.5) is 0 Å². The van der Waals surface area contributed by atoms with Crippen molar-refractivity contribution in [2.75, 3.05) is 6.61 Å². The van der Waals surface area contributed by atoms with Gasteiger partial charge in [-0.2, -0.15) is 0 Å².